The van der Waals surface area contributed by atoms with Gasteiger partial charge in [-0.3, -0.25) is 13.9 Å². The minimum Gasteiger partial charge on any atom is -0.352 e. The Morgan fingerprint density at radius 2 is 1.48 bits per heavy atom. The Bertz CT molecular complexity index is 1530. The van der Waals surface area contributed by atoms with E-state index >= 15 is 0 Å². The van der Waals surface area contributed by atoms with Crippen molar-refractivity contribution >= 4 is 73.9 Å². The van der Waals surface area contributed by atoms with Crippen LogP contribution >= 0.6 is 46.4 Å². The van der Waals surface area contributed by atoms with Crippen molar-refractivity contribution < 1.29 is 18.0 Å². The van der Waals surface area contributed by atoms with Crippen LogP contribution in [0.3, 0.4) is 0 Å². The second kappa shape index (κ2) is 14.8. The molecular formula is C30H33Cl4N3O4S. The maximum Gasteiger partial charge on any atom is 0.264 e. The van der Waals surface area contributed by atoms with Crippen LogP contribution in [0.5, 0.6) is 0 Å². The van der Waals surface area contributed by atoms with E-state index in [0.717, 1.165) is 9.87 Å². The van der Waals surface area contributed by atoms with E-state index in [1.165, 1.54) is 35.2 Å². The average Bonchev–Trinajstić information content (AvgIpc) is 2.94. The van der Waals surface area contributed by atoms with Gasteiger partial charge in [-0.15, -0.1) is 0 Å². The van der Waals surface area contributed by atoms with E-state index in [2.05, 4.69) is 5.32 Å². The Balaban J connectivity index is 2.12. The van der Waals surface area contributed by atoms with Crippen LogP contribution in [0.2, 0.25) is 20.1 Å². The minimum atomic E-state index is -4.30. The van der Waals surface area contributed by atoms with Gasteiger partial charge in [0.1, 0.15) is 12.6 Å². The minimum absolute atomic E-state index is 0.0275. The zero-order chi connectivity index (χ0) is 31.2. The number of sulfonamides is 1. The smallest absolute Gasteiger partial charge is 0.264 e. The molecule has 0 aliphatic heterocycles. The second-order valence-electron chi connectivity index (χ2n) is 9.92. The van der Waals surface area contributed by atoms with Crippen LogP contribution in [0.15, 0.2) is 65.6 Å². The summed E-state index contributed by atoms with van der Waals surface area (Å²) in [7, 11) is -4.30. The Morgan fingerprint density at radius 1 is 0.857 bits per heavy atom. The molecule has 7 nitrogen and oxygen atoms in total. The summed E-state index contributed by atoms with van der Waals surface area (Å²) < 4.78 is 28.9. The Labute approximate surface area is 267 Å². The van der Waals surface area contributed by atoms with E-state index in [-0.39, 0.29) is 45.5 Å². The van der Waals surface area contributed by atoms with Gasteiger partial charge in [0.25, 0.3) is 10.0 Å². The van der Waals surface area contributed by atoms with Gasteiger partial charge < -0.3 is 10.2 Å². The van der Waals surface area contributed by atoms with Crippen molar-refractivity contribution in [3.63, 3.8) is 0 Å². The van der Waals surface area contributed by atoms with Crippen LogP contribution in [-0.4, -0.2) is 43.8 Å². The normalized spacial score (nSPS) is 12.9. The first-order valence-electron chi connectivity index (χ1n) is 13.4. The van der Waals surface area contributed by atoms with Gasteiger partial charge >= 0.3 is 0 Å². The van der Waals surface area contributed by atoms with Crippen LogP contribution < -0.4 is 9.62 Å². The Kier molecular flexibility index (Phi) is 12.0. The van der Waals surface area contributed by atoms with Crippen LogP contribution in [0, 0.1) is 6.92 Å². The number of hydrogen-bond donors (Lipinski definition) is 1. The van der Waals surface area contributed by atoms with Crippen molar-refractivity contribution in [2.75, 3.05) is 10.8 Å². The predicted octanol–water partition coefficient (Wildman–Crippen LogP) is 7.53. The van der Waals surface area contributed by atoms with E-state index in [1.54, 1.807) is 37.3 Å². The molecule has 3 rings (SSSR count). The third kappa shape index (κ3) is 8.32. The number of nitrogens with one attached hydrogen (secondary N) is 1. The number of halogens is 4. The van der Waals surface area contributed by atoms with Crippen molar-refractivity contribution in [1.29, 1.82) is 0 Å². The molecule has 2 unspecified atom stereocenters. The molecule has 0 saturated carbocycles. The predicted molar refractivity (Wildman–Crippen MR) is 171 cm³/mol. The molecule has 0 aromatic heterocycles. The molecule has 0 heterocycles. The monoisotopic (exact) mass is 671 g/mol. The van der Waals surface area contributed by atoms with Crippen LogP contribution in [0.1, 0.15) is 44.7 Å². The topological polar surface area (TPSA) is 86.8 Å². The molecular weight excluding hydrogens is 640 g/mol. The molecule has 2 amide bonds. The number of hydrogen-bond acceptors (Lipinski definition) is 4. The van der Waals surface area contributed by atoms with E-state index in [1.807, 2.05) is 20.8 Å². The van der Waals surface area contributed by atoms with Crippen molar-refractivity contribution in [2.24, 2.45) is 0 Å². The number of anilines is 1. The van der Waals surface area contributed by atoms with Gasteiger partial charge in [0, 0.05) is 27.7 Å². The summed E-state index contributed by atoms with van der Waals surface area (Å²) in [5, 5.41) is 3.96. The van der Waals surface area contributed by atoms with Gasteiger partial charge in [0.05, 0.1) is 15.6 Å². The summed E-state index contributed by atoms with van der Waals surface area (Å²) in [5.41, 5.74) is 1.43. The lowest BCUT2D eigenvalue weighted by atomic mass is 10.1. The summed E-state index contributed by atoms with van der Waals surface area (Å²) in [6, 6.07) is 14.4. The van der Waals surface area contributed by atoms with Gasteiger partial charge in [-0.25, -0.2) is 8.42 Å². The van der Waals surface area contributed by atoms with Gasteiger partial charge in [0.2, 0.25) is 11.8 Å². The Morgan fingerprint density at radius 3 is 2.07 bits per heavy atom. The third-order valence-corrected chi connectivity index (χ3v) is 9.72. The summed E-state index contributed by atoms with van der Waals surface area (Å²) >= 11 is 25.2. The van der Waals surface area contributed by atoms with Crippen molar-refractivity contribution in [3.8, 4) is 0 Å². The lowest BCUT2D eigenvalue weighted by Gasteiger charge is -2.34. The lowest BCUT2D eigenvalue weighted by Crippen LogP contribution is -2.53. The zero-order valence-electron chi connectivity index (χ0n) is 23.7. The van der Waals surface area contributed by atoms with E-state index in [4.69, 9.17) is 46.4 Å². The molecule has 3 aromatic rings. The largest absolute Gasteiger partial charge is 0.352 e. The molecule has 12 heteroatoms. The molecule has 0 spiro atoms. The van der Waals surface area contributed by atoms with Crippen molar-refractivity contribution in [1.82, 2.24) is 10.2 Å². The van der Waals surface area contributed by atoms with Gasteiger partial charge in [-0.1, -0.05) is 84.0 Å². The van der Waals surface area contributed by atoms with Crippen molar-refractivity contribution in [2.45, 2.75) is 64.1 Å². The highest BCUT2D eigenvalue weighted by Gasteiger charge is 2.35. The molecule has 0 radical (unpaired) electrons. The quantitative estimate of drug-likeness (QED) is 0.216. The van der Waals surface area contributed by atoms with Crippen LogP contribution in [0.4, 0.5) is 5.69 Å². The molecule has 1 N–H and O–H groups in total. The van der Waals surface area contributed by atoms with E-state index in [0.29, 0.717) is 22.0 Å². The maximum absolute atomic E-state index is 14.2. The van der Waals surface area contributed by atoms with Gasteiger partial charge in [-0.2, -0.15) is 0 Å². The lowest BCUT2D eigenvalue weighted by molar-refractivity contribution is -0.140. The number of aryl methyl sites for hydroxylation is 1. The molecule has 0 fully saturated rings. The highest BCUT2D eigenvalue weighted by molar-refractivity contribution is 7.92. The third-order valence-electron chi connectivity index (χ3n) is 6.81. The van der Waals surface area contributed by atoms with E-state index in [9.17, 15) is 18.0 Å². The fraction of sp³-hybridized carbons (Fsp3) is 0.333. The molecule has 0 saturated heterocycles. The van der Waals surface area contributed by atoms with Gasteiger partial charge in [-0.05, 0) is 74.7 Å². The SMILES string of the molecule is CCC(C)NC(=O)C(CC)N(Cc1ccc(Cl)cc1Cl)C(=O)CN(c1cc(Cl)ccc1Cl)S(=O)(=O)c1ccc(C)cc1. The first-order chi connectivity index (χ1) is 19.8. The number of benzene rings is 3. The number of rotatable bonds is 12. The molecule has 226 valence electrons. The molecule has 42 heavy (non-hydrogen) atoms. The Hall–Kier alpha value is -2.49. The molecule has 2 atom stereocenters. The van der Waals surface area contributed by atoms with Gasteiger partial charge in [0.15, 0.2) is 0 Å². The summed E-state index contributed by atoms with van der Waals surface area (Å²) in [6.45, 7) is 6.69. The average molecular weight is 673 g/mol. The number of carbonyl (C=O) groups is 2. The number of carbonyl (C=O) groups excluding carboxylic acids is 2. The highest BCUT2D eigenvalue weighted by atomic mass is 35.5. The first-order valence-corrected chi connectivity index (χ1v) is 16.3. The summed E-state index contributed by atoms with van der Waals surface area (Å²) in [5.74, 6) is -1.00. The fourth-order valence-electron chi connectivity index (χ4n) is 4.22. The van der Waals surface area contributed by atoms with E-state index < -0.39 is 28.5 Å². The molecule has 0 aliphatic rings. The molecule has 0 bridgehead atoms. The molecule has 3 aromatic carbocycles. The maximum atomic E-state index is 14.2. The summed E-state index contributed by atoms with van der Waals surface area (Å²) in [4.78, 5) is 28.9. The second-order valence-corrected chi connectivity index (χ2v) is 13.5. The number of amides is 2. The fourth-order valence-corrected chi connectivity index (χ4v) is 6.55. The standard InChI is InChI=1S/C30H33Cl4N3O4S/c1-5-20(4)35-30(39)27(6-2)36(17-21-9-10-22(31)15-26(21)34)29(38)18-37(28-16-23(32)11-14-25(28)33)42(40,41)24-12-7-19(3)8-13-24/h7-16,20,27H,5-6,17-18H2,1-4H3,(H,35,39). The van der Waals surface area contributed by atoms with Crippen molar-refractivity contribution in [3.05, 3.63) is 91.9 Å². The number of nitrogens with zero attached hydrogens (tertiary/aromatic N) is 2. The summed E-state index contributed by atoms with van der Waals surface area (Å²) in [6.07, 6.45) is 0.955. The first kappa shape index (κ1) is 34.0. The van der Waals surface area contributed by atoms with Crippen LogP contribution in [0.25, 0.3) is 0 Å². The van der Waals surface area contributed by atoms with Crippen LogP contribution in [-0.2, 0) is 26.2 Å². The molecule has 0 aliphatic carbocycles. The zero-order valence-corrected chi connectivity index (χ0v) is 27.5. The highest BCUT2D eigenvalue weighted by Crippen LogP contribution is 2.33.